The molecule has 1 fully saturated rings. The van der Waals surface area contributed by atoms with Gasteiger partial charge < -0.3 is 32.8 Å². The maximum atomic E-state index is 13.0. The second-order valence-electron chi connectivity index (χ2n) is 14.4. The molecule has 2 aromatic carbocycles. The van der Waals surface area contributed by atoms with Crippen LogP contribution in [0.4, 0.5) is 4.79 Å². The van der Waals surface area contributed by atoms with Crippen LogP contribution in [0, 0.1) is 0 Å². The Morgan fingerprint density at radius 2 is 1.38 bits per heavy atom. The van der Waals surface area contributed by atoms with Crippen LogP contribution in [0.3, 0.4) is 0 Å². The van der Waals surface area contributed by atoms with Gasteiger partial charge in [-0.05, 0) is 74.3 Å². The van der Waals surface area contributed by atoms with Gasteiger partial charge in [0, 0.05) is 7.05 Å². The molecule has 0 saturated carbocycles. The number of thioether (sulfide) groups is 1. The molecule has 0 unspecified atom stereocenters. The lowest BCUT2D eigenvalue weighted by Crippen LogP contribution is -2.59. The normalized spacial score (nSPS) is 23.1. The van der Waals surface area contributed by atoms with Crippen molar-refractivity contribution < 1.29 is 37.6 Å². The van der Waals surface area contributed by atoms with Crippen molar-refractivity contribution >= 4 is 31.3 Å². The average molecular weight is 689 g/mol. The van der Waals surface area contributed by atoms with Gasteiger partial charge in [0.15, 0.2) is 13.5 Å². The summed E-state index contributed by atoms with van der Waals surface area (Å²) in [7, 11) is 2.83. The zero-order valence-corrected chi connectivity index (χ0v) is 31.5. The molecule has 0 bridgehead atoms. The zero-order valence-electron chi connectivity index (χ0n) is 29.7. The number of methoxy groups -OCH3 is 2. The number of hydrogen-bond donors (Lipinski definition) is 0. The van der Waals surface area contributed by atoms with Gasteiger partial charge in [-0.2, -0.15) is 0 Å². The molecule has 0 radical (unpaired) electrons. The van der Waals surface area contributed by atoms with E-state index in [-0.39, 0.29) is 5.04 Å². The van der Waals surface area contributed by atoms with Crippen molar-refractivity contribution in [3.05, 3.63) is 59.7 Å². The number of nitrogens with zero attached hydrogens (tertiary/aromatic N) is 2. The molecule has 1 amide bonds. The van der Waals surface area contributed by atoms with Crippen LogP contribution in [0.5, 0.6) is 11.5 Å². The highest BCUT2D eigenvalue weighted by molar-refractivity contribution is 8.14. The number of carbonyl (C=O) groups is 1. The lowest BCUT2D eigenvalue weighted by Gasteiger charge is -2.44. The molecule has 12 heteroatoms. The maximum absolute atomic E-state index is 13.0. The number of aliphatic imine (C=N–C) groups is 1. The molecule has 0 aliphatic carbocycles. The first-order valence-electron chi connectivity index (χ1n) is 16.0. The second kappa shape index (κ2) is 15.3. The van der Waals surface area contributed by atoms with E-state index in [2.05, 4.69) is 33.9 Å². The summed E-state index contributed by atoms with van der Waals surface area (Å²) in [6.07, 6.45) is -1.95. The van der Waals surface area contributed by atoms with E-state index in [9.17, 15) is 4.79 Å². The van der Waals surface area contributed by atoms with Crippen LogP contribution < -0.4 is 9.47 Å². The highest BCUT2D eigenvalue weighted by Crippen LogP contribution is 2.42. The lowest BCUT2D eigenvalue weighted by molar-refractivity contribution is -0.204. The van der Waals surface area contributed by atoms with Crippen molar-refractivity contribution in [2.24, 2.45) is 4.99 Å². The van der Waals surface area contributed by atoms with Crippen LogP contribution in [-0.4, -0.2) is 87.7 Å². The smallest absolute Gasteiger partial charge is 0.416 e. The Bertz CT molecular complexity index is 1360. The van der Waals surface area contributed by atoms with E-state index >= 15 is 0 Å². The molecule has 0 spiro atoms. The molecule has 0 aromatic heterocycles. The van der Waals surface area contributed by atoms with Crippen LogP contribution in [0.2, 0.25) is 18.1 Å². The standard InChI is InChI=1S/C35H52N2O8SSi/c1-34(2,3)45-33(38)37(7)32-36-28-30(42-21-24-14-18-26(40-9)19-15-24)29(41-20-23-12-16-25(39-8)17-13-23)27(44-31(28)46-32)22-43-47(10,11)35(4,5)6/h12-19,27-31H,20-22H2,1-11H3/t27-,28-,29-,30-,31-/m1/s1. The quantitative estimate of drug-likeness (QED) is 0.226. The number of fused-ring (bicyclic) bond motifs is 1. The molecule has 47 heavy (non-hydrogen) atoms. The summed E-state index contributed by atoms with van der Waals surface area (Å²) in [5, 5.41) is 0.523. The van der Waals surface area contributed by atoms with Crippen LogP contribution in [0.1, 0.15) is 52.7 Å². The third kappa shape index (κ3) is 9.73. The van der Waals surface area contributed by atoms with E-state index in [0.717, 1.165) is 22.6 Å². The van der Waals surface area contributed by atoms with Crippen molar-refractivity contribution in [1.29, 1.82) is 0 Å². The number of rotatable bonds is 11. The number of ether oxygens (including phenoxy) is 6. The molecule has 2 aromatic rings. The summed E-state index contributed by atoms with van der Waals surface area (Å²) in [5.41, 5.74) is 0.914. The summed E-state index contributed by atoms with van der Waals surface area (Å²) < 4.78 is 43.2. The minimum atomic E-state index is -2.13. The first kappa shape index (κ1) is 37.2. The molecule has 260 valence electrons. The number of benzene rings is 2. The van der Waals surface area contributed by atoms with E-state index in [1.807, 2.05) is 69.3 Å². The van der Waals surface area contributed by atoms with Crippen molar-refractivity contribution in [3.8, 4) is 11.5 Å². The number of carbonyl (C=O) groups excluding carboxylic acids is 1. The van der Waals surface area contributed by atoms with Crippen molar-refractivity contribution in [2.45, 2.75) is 108 Å². The Labute approximate surface area is 285 Å². The molecule has 2 aliphatic heterocycles. The average Bonchev–Trinajstić information content (AvgIpc) is 3.44. The molecule has 1 saturated heterocycles. The van der Waals surface area contributed by atoms with E-state index in [4.69, 9.17) is 37.8 Å². The number of amides is 1. The molecule has 2 heterocycles. The summed E-state index contributed by atoms with van der Waals surface area (Å²) in [5.74, 6) is 1.55. The van der Waals surface area contributed by atoms with Crippen molar-refractivity contribution in [3.63, 3.8) is 0 Å². The molecule has 4 rings (SSSR count). The number of amidine groups is 1. The third-order valence-corrected chi connectivity index (χ3v) is 14.4. The van der Waals surface area contributed by atoms with Gasteiger partial charge in [-0.1, -0.05) is 56.8 Å². The van der Waals surface area contributed by atoms with Crippen LogP contribution >= 0.6 is 11.8 Å². The van der Waals surface area contributed by atoms with Gasteiger partial charge in [-0.25, -0.2) is 4.79 Å². The highest BCUT2D eigenvalue weighted by atomic mass is 32.2. The van der Waals surface area contributed by atoms with Gasteiger partial charge in [0.2, 0.25) is 0 Å². The van der Waals surface area contributed by atoms with E-state index in [1.54, 1.807) is 21.3 Å². The summed E-state index contributed by atoms with van der Waals surface area (Å²) in [4.78, 5) is 19.5. The first-order valence-corrected chi connectivity index (χ1v) is 19.8. The Morgan fingerprint density at radius 3 is 1.85 bits per heavy atom. The highest BCUT2D eigenvalue weighted by Gasteiger charge is 2.52. The maximum Gasteiger partial charge on any atom is 0.416 e. The Hall–Kier alpha value is -2.61. The predicted molar refractivity (Wildman–Crippen MR) is 188 cm³/mol. The molecule has 0 N–H and O–H groups in total. The second-order valence-corrected chi connectivity index (χ2v) is 20.3. The zero-order chi connectivity index (χ0) is 34.6. The van der Waals surface area contributed by atoms with Crippen LogP contribution in [0.25, 0.3) is 0 Å². The fourth-order valence-corrected chi connectivity index (χ4v) is 7.01. The molecular formula is C35H52N2O8SSi. The number of hydrogen-bond acceptors (Lipinski definition) is 10. The minimum Gasteiger partial charge on any atom is -0.497 e. The Morgan fingerprint density at radius 1 is 0.872 bits per heavy atom. The van der Waals surface area contributed by atoms with Crippen LogP contribution in [0.15, 0.2) is 53.5 Å². The Balaban J connectivity index is 1.66. The van der Waals surface area contributed by atoms with E-state index < -0.39 is 49.8 Å². The third-order valence-electron chi connectivity index (χ3n) is 8.67. The topological polar surface area (TPSA) is 97.3 Å². The van der Waals surface area contributed by atoms with Crippen LogP contribution in [-0.2, 0) is 36.6 Å². The minimum absolute atomic E-state index is 0.0163. The lowest BCUT2D eigenvalue weighted by atomic mass is 9.97. The fraction of sp³-hybridized carbons (Fsp3) is 0.600. The van der Waals surface area contributed by atoms with E-state index in [1.165, 1.54) is 16.7 Å². The van der Waals surface area contributed by atoms with Crippen molar-refractivity contribution in [2.75, 3.05) is 27.9 Å². The first-order chi connectivity index (χ1) is 22.0. The van der Waals surface area contributed by atoms with Crippen molar-refractivity contribution in [1.82, 2.24) is 4.90 Å². The molecular weight excluding hydrogens is 637 g/mol. The SMILES string of the molecule is COc1ccc(CO[C@@H]2[C@H]3N=C(N(C)C(=O)OC(C)(C)C)S[C@H]3O[C@H](CO[Si](C)(C)C(C)(C)C)[C@H]2OCc2ccc(OC)cc2)cc1. The summed E-state index contributed by atoms with van der Waals surface area (Å²) in [6.45, 7) is 17.6. The predicted octanol–water partition coefficient (Wildman–Crippen LogP) is 7.26. The van der Waals surface area contributed by atoms with Gasteiger partial charge in [0.1, 0.15) is 46.9 Å². The van der Waals surface area contributed by atoms with Gasteiger partial charge in [0.25, 0.3) is 0 Å². The molecule has 10 nitrogen and oxygen atoms in total. The van der Waals surface area contributed by atoms with E-state index in [0.29, 0.717) is 25.0 Å². The summed E-state index contributed by atoms with van der Waals surface area (Å²) in [6, 6.07) is 15.1. The summed E-state index contributed by atoms with van der Waals surface area (Å²) >= 11 is 1.39. The fourth-order valence-electron chi connectivity index (χ4n) is 4.82. The van der Waals surface area contributed by atoms with Gasteiger partial charge in [-0.15, -0.1) is 0 Å². The van der Waals surface area contributed by atoms with Gasteiger partial charge in [-0.3, -0.25) is 9.89 Å². The largest absolute Gasteiger partial charge is 0.497 e. The Kier molecular flexibility index (Phi) is 12.1. The monoisotopic (exact) mass is 688 g/mol. The van der Waals surface area contributed by atoms with Gasteiger partial charge >= 0.3 is 6.09 Å². The molecule has 2 aliphatic rings. The molecule has 5 atom stereocenters. The van der Waals surface area contributed by atoms with Gasteiger partial charge in [0.05, 0.1) is 34.0 Å².